The Balaban J connectivity index is 2.03. The SMILES string of the molecule is C[C@@H]1C[C@@H](O)[C@@H](O)[C@@H](Sc2ccccc2)O1. The molecule has 0 amide bonds. The van der Waals surface area contributed by atoms with Gasteiger partial charge in [-0.15, -0.1) is 0 Å². The number of ether oxygens (including phenoxy) is 1. The first-order chi connectivity index (χ1) is 7.66. The maximum atomic E-state index is 9.82. The summed E-state index contributed by atoms with van der Waals surface area (Å²) >= 11 is 1.45. The van der Waals surface area contributed by atoms with Gasteiger partial charge in [0.2, 0.25) is 0 Å². The molecule has 0 spiro atoms. The Hall–Kier alpha value is -0.550. The van der Waals surface area contributed by atoms with E-state index >= 15 is 0 Å². The summed E-state index contributed by atoms with van der Waals surface area (Å²) in [6.07, 6.45) is -1.03. The normalized spacial score (nSPS) is 34.9. The molecule has 1 heterocycles. The van der Waals surface area contributed by atoms with Crippen LogP contribution in [0.5, 0.6) is 0 Å². The van der Waals surface area contributed by atoms with E-state index in [0.29, 0.717) is 6.42 Å². The van der Waals surface area contributed by atoms with Gasteiger partial charge in [0.05, 0.1) is 12.2 Å². The van der Waals surface area contributed by atoms with Crippen molar-refractivity contribution in [2.24, 2.45) is 0 Å². The molecule has 88 valence electrons. The zero-order valence-corrected chi connectivity index (χ0v) is 9.93. The van der Waals surface area contributed by atoms with Crippen LogP contribution in [-0.2, 0) is 4.74 Å². The van der Waals surface area contributed by atoms with Crippen LogP contribution in [0.4, 0.5) is 0 Å². The lowest BCUT2D eigenvalue weighted by molar-refractivity contribution is -0.130. The van der Waals surface area contributed by atoms with E-state index in [1.165, 1.54) is 11.8 Å². The van der Waals surface area contributed by atoms with Gasteiger partial charge in [-0.1, -0.05) is 30.0 Å². The molecular weight excluding hydrogens is 224 g/mol. The van der Waals surface area contributed by atoms with Crippen molar-refractivity contribution in [3.8, 4) is 0 Å². The highest BCUT2D eigenvalue weighted by Gasteiger charge is 2.35. The molecule has 0 saturated carbocycles. The predicted molar refractivity (Wildman–Crippen MR) is 63.3 cm³/mol. The summed E-state index contributed by atoms with van der Waals surface area (Å²) in [5.74, 6) is 0. The topological polar surface area (TPSA) is 49.7 Å². The van der Waals surface area contributed by atoms with Gasteiger partial charge in [-0.25, -0.2) is 0 Å². The van der Waals surface area contributed by atoms with Crippen molar-refractivity contribution in [2.75, 3.05) is 0 Å². The van der Waals surface area contributed by atoms with Gasteiger partial charge in [0.1, 0.15) is 11.5 Å². The zero-order chi connectivity index (χ0) is 11.5. The third-order valence-electron chi connectivity index (χ3n) is 2.61. The van der Waals surface area contributed by atoms with E-state index in [2.05, 4.69) is 0 Å². The number of aliphatic hydroxyl groups excluding tert-OH is 2. The Morgan fingerprint density at radius 2 is 1.94 bits per heavy atom. The van der Waals surface area contributed by atoms with Crippen LogP contribution in [-0.4, -0.2) is 34.0 Å². The molecule has 1 aliphatic heterocycles. The van der Waals surface area contributed by atoms with E-state index in [9.17, 15) is 10.2 Å². The fourth-order valence-corrected chi connectivity index (χ4v) is 2.91. The summed E-state index contributed by atoms with van der Waals surface area (Å²) in [4.78, 5) is 1.04. The molecule has 0 bridgehead atoms. The maximum absolute atomic E-state index is 9.82. The number of thioether (sulfide) groups is 1. The molecule has 1 aromatic carbocycles. The second-order valence-corrected chi connectivity index (χ2v) is 5.21. The lowest BCUT2D eigenvalue weighted by Crippen LogP contribution is -2.45. The Morgan fingerprint density at radius 1 is 1.25 bits per heavy atom. The fraction of sp³-hybridized carbons (Fsp3) is 0.500. The summed E-state index contributed by atoms with van der Waals surface area (Å²) < 4.78 is 5.63. The van der Waals surface area contributed by atoms with Gasteiger partial charge in [0.25, 0.3) is 0 Å². The van der Waals surface area contributed by atoms with Crippen LogP contribution in [0.15, 0.2) is 35.2 Å². The molecule has 4 heteroatoms. The van der Waals surface area contributed by atoms with Gasteiger partial charge < -0.3 is 14.9 Å². The Bertz CT molecular complexity index is 330. The fourth-order valence-electron chi connectivity index (χ4n) is 1.76. The van der Waals surface area contributed by atoms with Crippen LogP contribution in [0.2, 0.25) is 0 Å². The van der Waals surface area contributed by atoms with E-state index in [1.54, 1.807) is 0 Å². The van der Waals surface area contributed by atoms with Gasteiger partial charge >= 0.3 is 0 Å². The number of benzene rings is 1. The third kappa shape index (κ3) is 2.77. The number of hydrogen-bond acceptors (Lipinski definition) is 4. The van der Waals surface area contributed by atoms with Crippen LogP contribution in [0.25, 0.3) is 0 Å². The molecule has 0 aromatic heterocycles. The molecule has 0 radical (unpaired) electrons. The van der Waals surface area contributed by atoms with E-state index < -0.39 is 12.2 Å². The summed E-state index contributed by atoms with van der Waals surface area (Å²) in [6, 6.07) is 9.76. The molecule has 4 atom stereocenters. The molecule has 0 aliphatic carbocycles. The van der Waals surface area contributed by atoms with Crippen LogP contribution < -0.4 is 0 Å². The number of aliphatic hydroxyl groups is 2. The lowest BCUT2D eigenvalue weighted by atomic mass is 10.1. The second-order valence-electron chi connectivity index (χ2n) is 4.04. The van der Waals surface area contributed by atoms with Crippen molar-refractivity contribution in [1.29, 1.82) is 0 Å². The quantitative estimate of drug-likeness (QED) is 0.825. The zero-order valence-electron chi connectivity index (χ0n) is 9.11. The minimum Gasteiger partial charge on any atom is -0.390 e. The summed E-state index contributed by atoms with van der Waals surface area (Å²) in [7, 11) is 0. The highest BCUT2D eigenvalue weighted by Crippen LogP contribution is 2.32. The van der Waals surface area contributed by atoms with Crippen molar-refractivity contribution in [1.82, 2.24) is 0 Å². The molecule has 2 rings (SSSR count). The molecule has 1 aliphatic rings. The molecule has 1 aromatic rings. The minimum atomic E-state index is -0.818. The highest BCUT2D eigenvalue weighted by molar-refractivity contribution is 7.99. The molecule has 0 unspecified atom stereocenters. The van der Waals surface area contributed by atoms with Crippen LogP contribution in [0, 0.1) is 0 Å². The Kier molecular flexibility index (Phi) is 3.86. The van der Waals surface area contributed by atoms with Crippen molar-refractivity contribution in [3.05, 3.63) is 30.3 Å². The molecule has 3 nitrogen and oxygen atoms in total. The maximum Gasteiger partial charge on any atom is 0.136 e. The second kappa shape index (κ2) is 5.19. The van der Waals surface area contributed by atoms with Crippen molar-refractivity contribution < 1.29 is 14.9 Å². The molecule has 1 fully saturated rings. The summed E-state index contributed by atoms with van der Waals surface area (Å²) in [6.45, 7) is 1.91. The highest BCUT2D eigenvalue weighted by atomic mass is 32.2. The average Bonchev–Trinajstić information content (AvgIpc) is 2.27. The van der Waals surface area contributed by atoms with Crippen LogP contribution in [0.3, 0.4) is 0 Å². The number of hydrogen-bond donors (Lipinski definition) is 2. The first-order valence-corrected chi connectivity index (χ1v) is 6.28. The first kappa shape index (κ1) is 11.9. The average molecular weight is 240 g/mol. The third-order valence-corrected chi connectivity index (χ3v) is 3.77. The van der Waals surface area contributed by atoms with Gasteiger partial charge in [-0.3, -0.25) is 0 Å². The molecule has 1 saturated heterocycles. The predicted octanol–water partition coefficient (Wildman–Crippen LogP) is 1.64. The van der Waals surface area contributed by atoms with Crippen molar-refractivity contribution >= 4 is 11.8 Å². The first-order valence-electron chi connectivity index (χ1n) is 5.40. The van der Waals surface area contributed by atoms with Crippen LogP contribution >= 0.6 is 11.8 Å². The lowest BCUT2D eigenvalue weighted by Gasteiger charge is -2.35. The van der Waals surface area contributed by atoms with E-state index in [4.69, 9.17) is 4.74 Å². The van der Waals surface area contributed by atoms with Gasteiger partial charge in [-0.2, -0.15) is 0 Å². The molecular formula is C12H16O3S. The standard InChI is InChI=1S/C12H16O3S/c1-8-7-10(13)11(14)12(15-8)16-9-5-3-2-4-6-9/h2-6,8,10-14H,7H2,1H3/t8-,10-,11-,12-/m1/s1. The van der Waals surface area contributed by atoms with Gasteiger partial charge in [0.15, 0.2) is 0 Å². The van der Waals surface area contributed by atoms with Gasteiger partial charge in [0, 0.05) is 11.3 Å². The number of rotatable bonds is 2. The van der Waals surface area contributed by atoms with Gasteiger partial charge in [-0.05, 0) is 19.1 Å². The van der Waals surface area contributed by atoms with E-state index in [0.717, 1.165) is 4.90 Å². The molecule has 16 heavy (non-hydrogen) atoms. The van der Waals surface area contributed by atoms with Crippen molar-refractivity contribution in [3.63, 3.8) is 0 Å². The summed E-state index contributed by atoms with van der Waals surface area (Å²) in [5.41, 5.74) is -0.388. The van der Waals surface area contributed by atoms with Crippen LogP contribution in [0.1, 0.15) is 13.3 Å². The summed E-state index contributed by atoms with van der Waals surface area (Å²) in [5, 5.41) is 19.5. The molecule has 2 N–H and O–H groups in total. The van der Waals surface area contributed by atoms with Crippen molar-refractivity contribution in [2.45, 2.75) is 42.0 Å². The Labute approximate surface area is 99.4 Å². The smallest absolute Gasteiger partial charge is 0.136 e. The van der Waals surface area contributed by atoms with E-state index in [1.807, 2.05) is 37.3 Å². The Morgan fingerprint density at radius 3 is 2.62 bits per heavy atom. The minimum absolute atomic E-state index is 0.0142. The van der Waals surface area contributed by atoms with E-state index in [-0.39, 0.29) is 11.5 Å². The monoisotopic (exact) mass is 240 g/mol. The largest absolute Gasteiger partial charge is 0.390 e.